The highest BCUT2D eigenvalue weighted by atomic mass is 32.2. The molecule has 1 aromatic heterocycles. The molecule has 0 bridgehead atoms. The Kier molecular flexibility index (Phi) is 4.71. The molecular weight excluding hydrogens is 326 g/mol. The third-order valence-corrected chi connectivity index (χ3v) is 6.11. The van der Waals surface area contributed by atoms with Crippen molar-refractivity contribution in [3.8, 4) is 0 Å². The van der Waals surface area contributed by atoms with Gasteiger partial charge in [-0.3, -0.25) is 4.79 Å². The average molecular weight is 347 g/mol. The highest BCUT2D eigenvalue weighted by Crippen LogP contribution is 2.26. The van der Waals surface area contributed by atoms with Gasteiger partial charge in [-0.1, -0.05) is 30.3 Å². The summed E-state index contributed by atoms with van der Waals surface area (Å²) in [4.78, 5) is 18.6. The van der Waals surface area contributed by atoms with Crippen LogP contribution in [0.25, 0.3) is 0 Å². The fourth-order valence-corrected chi connectivity index (χ4v) is 4.65. The molecule has 128 valence electrons. The summed E-state index contributed by atoms with van der Waals surface area (Å²) < 4.78 is 26.3. The van der Waals surface area contributed by atoms with E-state index in [0.29, 0.717) is 13.0 Å². The molecule has 1 aromatic carbocycles. The van der Waals surface area contributed by atoms with Crippen LogP contribution in [0, 0.1) is 6.92 Å². The lowest BCUT2D eigenvalue weighted by Gasteiger charge is -2.30. The van der Waals surface area contributed by atoms with Gasteiger partial charge < -0.3 is 9.47 Å². The molecule has 0 spiro atoms. The molecule has 1 saturated heterocycles. The van der Waals surface area contributed by atoms with Gasteiger partial charge >= 0.3 is 0 Å². The first-order valence-electron chi connectivity index (χ1n) is 7.98. The zero-order valence-corrected chi connectivity index (χ0v) is 14.4. The quantitative estimate of drug-likeness (QED) is 0.845. The van der Waals surface area contributed by atoms with Gasteiger partial charge in [-0.05, 0) is 18.9 Å². The molecular formula is C17H21N3O3S. The molecule has 1 amide bonds. The van der Waals surface area contributed by atoms with E-state index in [0.717, 1.165) is 11.3 Å². The lowest BCUT2D eigenvalue weighted by molar-refractivity contribution is -0.133. The van der Waals surface area contributed by atoms with Gasteiger partial charge in [0.15, 0.2) is 9.84 Å². The van der Waals surface area contributed by atoms with Crippen molar-refractivity contribution in [2.24, 2.45) is 0 Å². The number of amides is 1. The van der Waals surface area contributed by atoms with E-state index >= 15 is 0 Å². The zero-order valence-electron chi connectivity index (χ0n) is 13.6. The monoisotopic (exact) mass is 347 g/mol. The van der Waals surface area contributed by atoms with Crippen LogP contribution in [-0.4, -0.2) is 46.8 Å². The number of hydrogen-bond donors (Lipinski definition) is 0. The summed E-state index contributed by atoms with van der Waals surface area (Å²) in [6.45, 7) is 2.52. The van der Waals surface area contributed by atoms with Crippen molar-refractivity contribution < 1.29 is 13.2 Å². The number of aryl methyl sites for hydroxylation is 1. The molecule has 0 aliphatic carbocycles. The SMILES string of the molecule is Cc1cncn1CC(=O)N1CCCS(=O)(=O)C[C@H]1c1ccccc1. The molecule has 3 rings (SSSR count). The summed E-state index contributed by atoms with van der Waals surface area (Å²) in [7, 11) is -3.17. The van der Waals surface area contributed by atoms with Gasteiger partial charge in [0.1, 0.15) is 6.54 Å². The molecule has 1 aliphatic heterocycles. The fourth-order valence-electron chi connectivity index (χ4n) is 3.06. The number of imidazole rings is 1. The topological polar surface area (TPSA) is 72.3 Å². The number of rotatable bonds is 3. The van der Waals surface area contributed by atoms with Gasteiger partial charge in [0.2, 0.25) is 5.91 Å². The molecule has 0 unspecified atom stereocenters. The van der Waals surface area contributed by atoms with Crippen LogP contribution < -0.4 is 0 Å². The molecule has 7 heteroatoms. The van der Waals surface area contributed by atoms with Crippen LogP contribution in [0.2, 0.25) is 0 Å². The Morgan fingerprint density at radius 3 is 2.71 bits per heavy atom. The van der Waals surface area contributed by atoms with Crippen molar-refractivity contribution in [2.45, 2.75) is 25.9 Å². The summed E-state index contributed by atoms with van der Waals surface area (Å²) in [6, 6.07) is 8.96. The fraction of sp³-hybridized carbons (Fsp3) is 0.412. The van der Waals surface area contributed by atoms with Crippen LogP contribution in [0.3, 0.4) is 0 Å². The summed E-state index contributed by atoms with van der Waals surface area (Å²) in [5.41, 5.74) is 1.76. The predicted octanol–water partition coefficient (Wildman–Crippen LogP) is 1.58. The van der Waals surface area contributed by atoms with Crippen molar-refractivity contribution in [3.05, 3.63) is 54.1 Å². The van der Waals surface area contributed by atoms with Gasteiger partial charge in [0.25, 0.3) is 0 Å². The van der Waals surface area contributed by atoms with E-state index in [4.69, 9.17) is 0 Å². The van der Waals surface area contributed by atoms with Gasteiger partial charge in [0.05, 0.1) is 23.9 Å². The number of nitrogens with zero attached hydrogens (tertiary/aromatic N) is 3. The van der Waals surface area contributed by atoms with Crippen molar-refractivity contribution >= 4 is 15.7 Å². The van der Waals surface area contributed by atoms with E-state index in [1.807, 2.05) is 37.3 Å². The van der Waals surface area contributed by atoms with Crippen LogP contribution in [0.4, 0.5) is 0 Å². The van der Waals surface area contributed by atoms with Gasteiger partial charge in [-0.2, -0.15) is 0 Å². The number of hydrogen-bond acceptors (Lipinski definition) is 4. The molecule has 1 fully saturated rings. The summed E-state index contributed by atoms with van der Waals surface area (Å²) >= 11 is 0. The molecule has 2 aromatic rings. The first-order valence-corrected chi connectivity index (χ1v) is 9.80. The molecule has 2 heterocycles. The smallest absolute Gasteiger partial charge is 0.243 e. The number of benzene rings is 1. The Hall–Kier alpha value is -2.15. The second-order valence-corrected chi connectivity index (χ2v) is 8.37. The lowest BCUT2D eigenvalue weighted by Crippen LogP contribution is -2.39. The Morgan fingerprint density at radius 2 is 2.04 bits per heavy atom. The molecule has 0 N–H and O–H groups in total. The second kappa shape index (κ2) is 6.76. The van der Waals surface area contributed by atoms with Crippen molar-refractivity contribution in [1.29, 1.82) is 0 Å². The number of sulfone groups is 1. The number of aromatic nitrogens is 2. The predicted molar refractivity (Wildman–Crippen MR) is 91.1 cm³/mol. The van der Waals surface area contributed by atoms with E-state index in [1.54, 1.807) is 22.0 Å². The van der Waals surface area contributed by atoms with E-state index in [9.17, 15) is 13.2 Å². The highest BCUT2D eigenvalue weighted by molar-refractivity contribution is 7.91. The minimum Gasteiger partial charge on any atom is -0.333 e. The van der Waals surface area contributed by atoms with Crippen LogP contribution >= 0.6 is 0 Å². The van der Waals surface area contributed by atoms with E-state index in [-0.39, 0.29) is 24.0 Å². The maximum atomic E-state index is 12.8. The van der Waals surface area contributed by atoms with Crippen molar-refractivity contribution in [3.63, 3.8) is 0 Å². The molecule has 1 atom stereocenters. The number of carbonyl (C=O) groups excluding carboxylic acids is 1. The maximum Gasteiger partial charge on any atom is 0.243 e. The van der Waals surface area contributed by atoms with E-state index < -0.39 is 15.9 Å². The van der Waals surface area contributed by atoms with Crippen molar-refractivity contribution in [2.75, 3.05) is 18.1 Å². The Labute approximate surface area is 142 Å². The van der Waals surface area contributed by atoms with Crippen LogP contribution in [0.1, 0.15) is 23.7 Å². The molecule has 24 heavy (non-hydrogen) atoms. The lowest BCUT2D eigenvalue weighted by atomic mass is 10.1. The Balaban J connectivity index is 1.90. The maximum absolute atomic E-state index is 12.8. The Bertz CT molecular complexity index is 815. The molecule has 0 radical (unpaired) electrons. The summed E-state index contributed by atoms with van der Waals surface area (Å²) in [6.07, 6.45) is 3.80. The first kappa shape index (κ1) is 16.7. The van der Waals surface area contributed by atoms with Crippen LogP contribution in [-0.2, 0) is 21.2 Å². The van der Waals surface area contributed by atoms with Gasteiger partial charge in [-0.25, -0.2) is 13.4 Å². The minimum atomic E-state index is -3.17. The van der Waals surface area contributed by atoms with E-state index in [2.05, 4.69) is 4.98 Å². The van der Waals surface area contributed by atoms with E-state index in [1.165, 1.54) is 0 Å². The number of carbonyl (C=O) groups is 1. The van der Waals surface area contributed by atoms with Gasteiger partial charge in [-0.15, -0.1) is 0 Å². The second-order valence-electron chi connectivity index (χ2n) is 6.14. The Morgan fingerprint density at radius 1 is 1.29 bits per heavy atom. The first-order chi connectivity index (χ1) is 11.5. The molecule has 6 nitrogen and oxygen atoms in total. The van der Waals surface area contributed by atoms with Crippen LogP contribution in [0.5, 0.6) is 0 Å². The summed E-state index contributed by atoms with van der Waals surface area (Å²) in [5, 5.41) is 0. The average Bonchev–Trinajstić information content (AvgIpc) is 2.87. The minimum absolute atomic E-state index is 0.0222. The molecule has 1 aliphatic rings. The standard InChI is InChI=1S/C17H21N3O3S/c1-14-10-18-13-19(14)11-17(21)20-8-5-9-24(22,23)12-16(20)15-6-3-2-4-7-15/h2-4,6-7,10,13,16H,5,8-9,11-12H2,1H3/t16-/m0/s1. The third kappa shape index (κ3) is 3.67. The highest BCUT2D eigenvalue weighted by Gasteiger charge is 2.32. The molecule has 0 saturated carbocycles. The van der Waals surface area contributed by atoms with Crippen molar-refractivity contribution in [1.82, 2.24) is 14.5 Å². The largest absolute Gasteiger partial charge is 0.333 e. The zero-order chi connectivity index (χ0) is 17.2. The normalized spacial score (nSPS) is 20.5. The van der Waals surface area contributed by atoms with Gasteiger partial charge in [0, 0.05) is 18.4 Å². The van der Waals surface area contributed by atoms with Crippen LogP contribution in [0.15, 0.2) is 42.9 Å². The summed E-state index contributed by atoms with van der Waals surface area (Å²) in [5.74, 6) is 0.0256. The third-order valence-electron chi connectivity index (χ3n) is 4.37.